The number of carbonyl (C=O) groups excluding carboxylic acids is 2. The second-order valence-corrected chi connectivity index (χ2v) is 7.78. The van der Waals surface area contributed by atoms with Gasteiger partial charge in [-0.05, 0) is 49.2 Å². The molecule has 0 heterocycles. The van der Waals surface area contributed by atoms with Crippen molar-refractivity contribution < 1.29 is 22.8 Å². The normalized spacial score (nSPS) is 13.9. The summed E-state index contributed by atoms with van der Waals surface area (Å²) in [5.41, 5.74) is -0.338. The monoisotopic (exact) mass is 428 g/mol. The lowest BCUT2D eigenvalue weighted by Gasteiger charge is -2.12. The van der Waals surface area contributed by atoms with E-state index in [0.29, 0.717) is 5.69 Å². The fraction of sp³-hybridized carbons (Fsp3) is 0.263. The molecule has 9 heteroatoms. The molecule has 2 amide bonds. The van der Waals surface area contributed by atoms with E-state index in [-0.39, 0.29) is 28.3 Å². The minimum Gasteiger partial charge on any atom is -0.326 e. The molecule has 1 saturated carbocycles. The van der Waals surface area contributed by atoms with Crippen LogP contribution in [0.1, 0.15) is 18.4 Å². The zero-order chi connectivity index (χ0) is 20.3. The molecule has 0 unspecified atom stereocenters. The molecule has 2 aromatic rings. The van der Waals surface area contributed by atoms with Gasteiger partial charge in [-0.1, -0.05) is 17.7 Å². The van der Waals surface area contributed by atoms with Gasteiger partial charge in [-0.15, -0.1) is 11.8 Å². The maximum absolute atomic E-state index is 12.8. The Morgan fingerprint density at radius 3 is 2.54 bits per heavy atom. The number of nitrogens with one attached hydrogen (secondary N) is 2. The first-order valence-electron chi connectivity index (χ1n) is 8.43. The van der Waals surface area contributed by atoms with Crippen molar-refractivity contribution in [2.45, 2.75) is 23.9 Å². The van der Waals surface area contributed by atoms with E-state index in [9.17, 15) is 22.8 Å². The predicted octanol–water partition coefficient (Wildman–Crippen LogP) is 5.44. The van der Waals surface area contributed by atoms with Gasteiger partial charge in [0.2, 0.25) is 11.8 Å². The van der Waals surface area contributed by atoms with Gasteiger partial charge in [0.1, 0.15) is 0 Å². The van der Waals surface area contributed by atoms with Gasteiger partial charge in [0.25, 0.3) is 0 Å². The summed E-state index contributed by atoms with van der Waals surface area (Å²) in [4.78, 5) is 24.7. The molecule has 0 bridgehead atoms. The Morgan fingerprint density at radius 2 is 1.86 bits per heavy atom. The van der Waals surface area contributed by atoms with Crippen LogP contribution < -0.4 is 10.6 Å². The zero-order valence-electron chi connectivity index (χ0n) is 14.5. The van der Waals surface area contributed by atoms with Crippen molar-refractivity contribution >= 4 is 46.6 Å². The molecule has 148 valence electrons. The summed E-state index contributed by atoms with van der Waals surface area (Å²) in [6.45, 7) is 0. The SMILES string of the molecule is O=C(CSc1cccc(NC(=O)C2CC2)c1)Nc1cc(C(F)(F)F)ccc1Cl. The van der Waals surface area contributed by atoms with Gasteiger partial charge in [-0.3, -0.25) is 9.59 Å². The van der Waals surface area contributed by atoms with Gasteiger partial charge in [0.15, 0.2) is 0 Å². The van der Waals surface area contributed by atoms with Crippen molar-refractivity contribution in [3.8, 4) is 0 Å². The maximum atomic E-state index is 12.8. The van der Waals surface area contributed by atoms with Crippen LogP contribution >= 0.6 is 23.4 Å². The van der Waals surface area contributed by atoms with Crippen molar-refractivity contribution in [3.63, 3.8) is 0 Å². The summed E-state index contributed by atoms with van der Waals surface area (Å²) >= 11 is 7.08. The van der Waals surface area contributed by atoms with E-state index >= 15 is 0 Å². The molecule has 1 aliphatic rings. The molecule has 2 N–H and O–H groups in total. The highest BCUT2D eigenvalue weighted by Crippen LogP contribution is 2.34. The molecule has 0 atom stereocenters. The van der Waals surface area contributed by atoms with Crippen LogP contribution in [0.5, 0.6) is 0 Å². The number of anilines is 2. The maximum Gasteiger partial charge on any atom is 0.416 e. The Morgan fingerprint density at radius 1 is 1.11 bits per heavy atom. The van der Waals surface area contributed by atoms with Crippen molar-refractivity contribution in [3.05, 3.63) is 53.1 Å². The van der Waals surface area contributed by atoms with Crippen LogP contribution in [0.4, 0.5) is 24.5 Å². The summed E-state index contributed by atoms with van der Waals surface area (Å²) in [5.74, 6) is -0.441. The number of thioether (sulfide) groups is 1. The van der Waals surface area contributed by atoms with Crippen molar-refractivity contribution in [1.29, 1.82) is 0 Å². The van der Waals surface area contributed by atoms with Crippen molar-refractivity contribution in [2.24, 2.45) is 5.92 Å². The van der Waals surface area contributed by atoms with Gasteiger partial charge < -0.3 is 10.6 Å². The number of alkyl halides is 3. The highest BCUT2D eigenvalue weighted by atomic mass is 35.5. The number of carbonyl (C=O) groups is 2. The fourth-order valence-corrected chi connectivity index (χ4v) is 3.31. The van der Waals surface area contributed by atoms with E-state index < -0.39 is 17.6 Å². The van der Waals surface area contributed by atoms with Crippen LogP contribution in [0.25, 0.3) is 0 Å². The highest BCUT2D eigenvalue weighted by Gasteiger charge is 2.31. The smallest absolute Gasteiger partial charge is 0.326 e. The standard InChI is InChI=1S/C19H16ClF3N2O2S/c20-15-7-6-12(19(21,22)23)8-16(15)25-17(26)10-28-14-3-1-2-13(9-14)24-18(27)11-4-5-11/h1-3,6-9,11H,4-5,10H2,(H,24,27)(H,25,26). The molecule has 0 saturated heterocycles. The molecule has 0 aromatic heterocycles. The van der Waals surface area contributed by atoms with Crippen LogP contribution in [-0.2, 0) is 15.8 Å². The van der Waals surface area contributed by atoms with Crippen LogP contribution in [0.3, 0.4) is 0 Å². The first-order valence-corrected chi connectivity index (χ1v) is 9.79. The van der Waals surface area contributed by atoms with Gasteiger partial charge >= 0.3 is 6.18 Å². The second-order valence-electron chi connectivity index (χ2n) is 6.32. The summed E-state index contributed by atoms with van der Waals surface area (Å²) < 4.78 is 38.4. The molecule has 1 aliphatic carbocycles. The number of rotatable bonds is 6. The molecule has 0 aliphatic heterocycles. The molecule has 0 spiro atoms. The molecule has 28 heavy (non-hydrogen) atoms. The first kappa shape index (κ1) is 20.5. The first-order chi connectivity index (χ1) is 13.2. The lowest BCUT2D eigenvalue weighted by Crippen LogP contribution is -2.15. The lowest BCUT2D eigenvalue weighted by atomic mass is 10.2. The highest BCUT2D eigenvalue weighted by molar-refractivity contribution is 8.00. The summed E-state index contributed by atoms with van der Waals surface area (Å²) in [5, 5.41) is 5.25. The van der Waals surface area contributed by atoms with Gasteiger partial charge in [-0.2, -0.15) is 13.2 Å². The molecule has 4 nitrogen and oxygen atoms in total. The quantitative estimate of drug-likeness (QED) is 0.602. The van der Waals surface area contributed by atoms with Crippen LogP contribution in [-0.4, -0.2) is 17.6 Å². The Kier molecular flexibility index (Phi) is 6.20. The van der Waals surface area contributed by atoms with Crippen LogP contribution in [0.15, 0.2) is 47.4 Å². The Labute approximate surface area is 168 Å². The molecular weight excluding hydrogens is 413 g/mol. The number of hydrogen-bond acceptors (Lipinski definition) is 3. The van der Waals surface area contributed by atoms with E-state index in [0.717, 1.165) is 35.9 Å². The number of benzene rings is 2. The summed E-state index contributed by atoms with van der Waals surface area (Å²) in [6.07, 6.45) is -2.72. The van der Waals surface area contributed by atoms with E-state index in [4.69, 9.17) is 11.6 Å². The minimum absolute atomic E-state index is 0.0147. The Balaban J connectivity index is 1.58. The van der Waals surface area contributed by atoms with E-state index in [1.807, 2.05) is 0 Å². The lowest BCUT2D eigenvalue weighted by molar-refractivity contribution is -0.137. The molecule has 2 aromatic carbocycles. The number of halogens is 4. The van der Waals surface area contributed by atoms with Crippen LogP contribution in [0.2, 0.25) is 5.02 Å². The third-order valence-electron chi connectivity index (χ3n) is 3.99. The molecular formula is C19H16ClF3N2O2S. The average Bonchev–Trinajstić information content (AvgIpc) is 3.46. The Hall–Kier alpha value is -2.19. The van der Waals surface area contributed by atoms with E-state index in [1.54, 1.807) is 24.3 Å². The topological polar surface area (TPSA) is 58.2 Å². The largest absolute Gasteiger partial charge is 0.416 e. The molecule has 0 radical (unpaired) electrons. The van der Waals surface area contributed by atoms with Gasteiger partial charge in [0, 0.05) is 16.5 Å². The zero-order valence-corrected chi connectivity index (χ0v) is 16.0. The number of hydrogen-bond donors (Lipinski definition) is 2. The average molecular weight is 429 g/mol. The Bertz CT molecular complexity index is 901. The molecule has 1 fully saturated rings. The third kappa shape index (κ3) is 5.65. The second kappa shape index (κ2) is 8.45. The van der Waals surface area contributed by atoms with E-state index in [2.05, 4.69) is 10.6 Å². The predicted molar refractivity (Wildman–Crippen MR) is 104 cm³/mol. The molecule has 3 rings (SSSR count). The van der Waals surface area contributed by atoms with Gasteiger partial charge in [0.05, 0.1) is 22.0 Å². The fourth-order valence-electron chi connectivity index (χ4n) is 2.39. The van der Waals surface area contributed by atoms with Crippen LogP contribution in [0, 0.1) is 5.92 Å². The third-order valence-corrected chi connectivity index (χ3v) is 5.31. The minimum atomic E-state index is -4.52. The van der Waals surface area contributed by atoms with Gasteiger partial charge in [-0.25, -0.2) is 0 Å². The van der Waals surface area contributed by atoms with Crippen molar-refractivity contribution in [1.82, 2.24) is 0 Å². The summed E-state index contributed by atoms with van der Waals surface area (Å²) in [7, 11) is 0. The number of amides is 2. The van der Waals surface area contributed by atoms with Crippen molar-refractivity contribution in [2.75, 3.05) is 16.4 Å². The summed E-state index contributed by atoms with van der Waals surface area (Å²) in [6, 6.07) is 9.79. The van der Waals surface area contributed by atoms with E-state index in [1.165, 1.54) is 11.8 Å².